The minimum atomic E-state index is 0.00125. The fourth-order valence-corrected chi connectivity index (χ4v) is 1.98. The van der Waals surface area contributed by atoms with Gasteiger partial charge in [-0.2, -0.15) is 0 Å². The van der Waals surface area contributed by atoms with Crippen molar-refractivity contribution in [1.82, 2.24) is 9.55 Å². The number of nitrogens with zero attached hydrogens (tertiary/aromatic N) is 2. The summed E-state index contributed by atoms with van der Waals surface area (Å²) < 4.78 is 1.86. The topological polar surface area (TPSA) is 46.9 Å². The van der Waals surface area contributed by atoms with Gasteiger partial charge in [0.25, 0.3) is 0 Å². The SMILES string of the molecule is CCCCC(=O)Nc1nc2cc(Cl)ccc2n1C. The summed E-state index contributed by atoms with van der Waals surface area (Å²) in [5.74, 6) is 0.565. The Morgan fingerprint density at radius 1 is 1.50 bits per heavy atom. The van der Waals surface area contributed by atoms with E-state index in [4.69, 9.17) is 11.6 Å². The predicted octanol–water partition coefficient (Wildman–Crippen LogP) is 3.36. The van der Waals surface area contributed by atoms with Crippen LogP contribution >= 0.6 is 11.6 Å². The van der Waals surface area contributed by atoms with E-state index in [1.165, 1.54) is 0 Å². The lowest BCUT2D eigenvalue weighted by molar-refractivity contribution is -0.116. The molecule has 0 saturated carbocycles. The van der Waals surface area contributed by atoms with Crippen LogP contribution in [0.5, 0.6) is 0 Å². The minimum Gasteiger partial charge on any atom is -0.313 e. The Bertz CT molecular complexity index is 577. The van der Waals surface area contributed by atoms with E-state index in [2.05, 4.69) is 17.2 Å². The predicted molar refractivity (Wildman–Crippen MR) is 73.9 cm³/mol. The molecule has 1 N–H and O–H groups in total. The zero-order chi connectivity index (χ0) is 13.1. The van der Waals surface area contributed by atoms with Gasteiger partial charge in [-0.1, -0.05) is 24.9 Å². The van der Waals surface area contributed by atoms with Gasteiger partial charge in [-0.05, 0) is 24.6 Å². The molecule has 0 atom stereocenters. The molecular formula is C13H16ClN3O. The summed E-state index contributed by atoms with van der Waals surface area (Å²) in [7, 11) is 1.87. The molecular weight excluding hydrogens is 250 g/mol. The fourth-order valence-electron chi connectivity index (χ4n) is 1.81. The Hall–Kier alpha value is -1.55. The molecule has 96 valence electrons. The normalized spacial score (nSPS) is 10.8. The van der Waals surface area contributed by atoms with Gasteiger partial charge in [0.15, 0.2) is 0 Å². The van der Waals surface area contributed by atoms with Crippen LogP contribution in [0.4, 0.5) is 5.95 Å². The molecule has 0 radical (unpaired) electrons. The van der Waals surface area contributed by atoms with E-state index >= 15 is 0 Å². The van der Waals surface area contributed by atoms with E-state index < -0.39 is 0 Å². The van der Waals surface area contributed by atoms with Crippen molar-refractivity contribution < 1.29 is 4.79 Å². The summed E-state index contributed by atoms with van der Waals surface area (Å²) >= 11 is 5.92. The molecule has 0 aliphatic carbocycles. The molecule has 1 aromatic carbocycles. The van der Waals surface area contributed by atoms with E-state index in [1.54, 1.807) is 6.07 Å². The molecule has 0 saturated heterocycles. The quantitative estimate of drug-likeness (QED) is 0.921. The van der Waals surface area contributed by atoms with Crippen molar-refractivity contribution in [3.8, 4) is 0 Å². The maximum absolute atomic E-state index is 11.7. The molecule has 4 nitrogen and oxygen atoms in total. The lowest BCUT2D eigenvalue weighted by Crippen LogP contribution is -2.14. The van der Waals surface area contributed by atoms with Crippen LogP contribution in [0.3, 0.4) is 0 Å². The molecule has 2 aromatic rings. The van der Waals surface area contributed by atoms with Crippen LogP contribution in [0, 0.1) is 0 Å². The van der Waals surface area contributed by atoms with Crippen molar-refractivity contribution in [3.63, 3.8) is 0 Å². The van der Waals surface area contributed by atoms with E-state index in [9.17, 15) is 4.79 Å². The Balaban J connectivity index is 2.23. The molecule has 0 fully saturated rings. The summed E-state index contributed by atoms with van der Waals surface area (Å²) in [4.78, 5) is 16.0. The van der Waals surface area contributed by atoms with Crippen LogP contribution in [0.15, 0.2) is 18.2 Å². The molecule has 1 heterocycles. The second-order valence-corrected chi connectivity index (χ2v) is 4.72. The number of benzene rings is 1. The van der Waals surface area contributed by atoms with Gasteiger partial charge in [0.2, 0.25) is 11.9 Å². The lowest BCUT2D eigenvalue weighted by Gasteiger charge is -2.04. The number of anilines is 1. The number of nitrogens with one attached hydrogen (secondary N) is 1. The number of rotatable bonds is 4. The Morgan fingerprint density at radius 3 is 3.00 bits per heavy atom. The summed E-state index contributed by atoms with van der Waals surface area (Å²) in [5.41, 5.74) is 1.74. The smallest absolute Gasteiger partial charge is 0.226 e. The number of carbonyl (C=O) groups is 1. The number of amides is 1. The molecule has 0 aliphatic rings. The van der Waals surface area contributed by atoms with Gasteiger partial charge in [-0.15, -0.1) is 0 Å². The maximum Gasteiger partial charge on any atom is 0.226 e. The molecule has 18 heavy (non-hydrogen) atoms. The van der Waals surface area contributed by atoms with E-state index in [-0.39, 0.29) is 5.91 Å². The fraction of sp³-hybridized carbons (Fsp3) is 0.385. The highest BCUT2D eigenvalue weighted by molar-refractivity contribution is 6.31. The first-order chi connectivity index (χ1) is 8.61. The van der Waals surface area contributed by atoms with Crippen molar-refractivity contribution in [2.24, 2.45) is 7.05 Å². The van der Waals surface area contributed by atoms with Crippen molar-refractivity contribution in [2.45, 2.75) is 26.2 Å². The van der Waals surface area contributed by atoms with Crippen LogP contribution in [-0.2, 0) is 11.8 Å². The number of hydrogen-bond acceptors (Lipinski definition) is 2. The van der Waals surface area contributed by atoms with Gasteiger partial charge in [-0.3, -0.25) is 10.1 Å². The zero-order valence-electron chi connectivity index (χ0n) is 10.5. The number of aryl methyl sites for hydroxylation is 1. The second-order valence-electron chi connectivity index (χ2n) is 4.28. The molecule has 0 aliphatic heterocycles. The third-order valence-corrected chi connectivity index (χ3v) is 3.09. The number of carbonyl (C=O) groups excluding carboxylic acids is 1. The highest BCUT2D eigenvalue weighted by Crippen LogP contribution is 2.21. The van der Waals surface area contributed by atoms with Crippen molar-refractivity contribution in [1.29, 1.82) is 0 Å². The van der Waals surface area contributed by atoms with Crippen LogP contribution in [0.2, 0.25) is 5.02 Å². The molecule has 1 aromatic heterocycles. The summed E-state index contributed by atoms with van der Waals surface area (Å²) in [5, 5.41) is 3.47. The third kappa shape index (κ3) is 2.64. The first kappa shape index (κ1) is 12.9. The van der Waals surface area contributed by atoms with Gasteiger partial charge in [-0.25, -0.2) is 4.98 Å². The van der Waals surface area contributed by atoms with Gasteiger partial charge in [0.05, 0.1) is 11.0 Å². The van der Waals surface area contributed by atoms with Crippen LogP contribution in [-0.4, -0.2) is 15.5 Å². The van der Waals surface area contributed by atoms with Gasteiger partial charge in [0, 0.05) is 18.5 Å². The highest BCUT2D eigenvalue weighted by Gasteiger charge is 2.10. The first-order valence-corrected chi connectivity index (χ1v) is 6.41. The molecule has 2 rings (SSSR count). The van der Waals surface area contributed by atoms with Gasteiger partial charge in [0.1, 0.15) is 0 Å². The number of halogens is 1. The standard InChI is InChI=1S/C13H16ClN3O/c1-3-4-5-12(18)16-13-15-10-8-9(14)6-7-11(10)17(13)2/h6-8H,3-5H2,1-2H3,(H,15,16,18). The molecule has 0 bridgehead atoms. The summed E-state index contributed by atoms with van der Waals surface area (Å²) in [6.45, 7) is 2.06. The van der Waals surface area contributed by atoms with Crippen LogP contribution in [0.25, 0.3) is 11.0 Å². The average Bonchev–Trinajstić information content (AvgIpc) is 2.63. The largest absolute Gasteiger partial charge is 0.313 e. The van der Waals surface area contributed by atoms with Gasteiger partial charge < -0.3 is 4.57 Å². The van der Waals surface area contributed by atoms with Crippen molar-refractivity contribution in [2.75, 3.05) is 5.32 Å². The van der Waals surface area contributed by atoms with E-state index in [0.717, 1.165) is 23.9 Å². The molecule has 0 unspecified atom stereocenters. The Morgan fingerprint density at radius 2 is 2.28 bits per heavy atom. The molecule has 5 heteroatoms. The number of aromatic nitrogens is 2. The van der Waals surface area contributed by atoms with E-state index in [0.29, 0.717) is 17.4 Å². The summed E-state index contributed by atoms with van der Waals surface area (Å²) in [6, 6.07) is 5.50. The number of fused-ring (bicyclic) bond motifs is 1. The number of unbranched alkanes of at least 4 members (excludes halogenated alkanes) is 1. The Labute approximate surface area is 111 Å². The van der Waals surface area contributed by atoms with Crippen molar-refractivity contribution in [3.05, 3.63) is 23.2 Å². The third-order valence-electron chi connectivity index (χ3n) is 2.85. The minimum absolute atomic E-state index is 0.00125. The first-order valence-electron chi connectivity index (χ1n) is 6.03. The monoisotopic (exact) mass is 265 g/mol. The maximum atomic E-state index is 11.7. The molecule has 0 spiro atoms. The van der Waals surface area contributed by atoms with Gasteiger partial charge >= 0.3 is 0 Å². The van der Waals surface area contributed by atoms with Crippen molar-refractivity contribution >= 4 is 34.5 Å². The van der Waals surface area contributed by atoms with Crippen LogP contribution in [0.1, 0.15) is 26.2 Å². The zero-order valence-corrected chi connectivity index (χ0v) is 11.3. The number of imidazole rings is 1. The van der Waals surface area contributed by atoms with Crippen LogP contribution < -0.4 is 5.32 Å². The average molecular weight is 266 g/mol. The van der Waals surface area contributed by atoms with E-state index in [1.807, 2.05) is 23.7 Å². The summed E-state index contributed by atoms with van der Waals surface area (Å²) in [6.07, 6.45) is 2.42. The number of hydrogen-bond donors (Lipinski definition) is 1. The highest BCUT2D eigenvalue weighted by atomic mass is 35.5. The second kappa shape index (κ2) is 5.40. The molecule has 1 amide bonds. The Kier molecular flexibility index (Phi) is 3.87. The lowest BCUT2D eigenvalue weighted by atomic mass is 10.2.